The van der Waals surface area contributed by atoms with Gasteiger partial charge >= 0.3 is 5.97 Å². The van der Waals surface area contributed by atoms with Crippen LogP contribution in [-0.4, -0.2) is 31.2 Å². The van der Waals surface area contributed by atoms with Gasteiger partial charge in [-0.15, -0.1) is 0 Å². The van der Waals surface area contributed by atoms with Crippen LogP contribution in [0.25, 0.3) is 10.9 Å². The molecule has 1 aromatic heterocycles. The molecule has 5 nitrogen and oxygen atoms in total. The van der Waals surface area contributed by atoms with Gasteiger partial charge in [0.05, 0.1) is 29.7 Å². The molecule has 1 aliphatic heterocycles. The molecule has 3 rings (SSSR count). The van der Waals surface area contributed by atoms with Gasteiger partial charge in [-0.25, -0.2) is 4.98 Å². The largest absolute Gasteiger partial charge is 0.469 e. The predicted octanol–water partition coefficient (Wildman–Crippen LogP) is 3.15. The van der Waals surface area contributed by atoms with Crippen LogP contribution < -0.4 is 4.90 Å². The fourth-order valence-corrected chi connectivity index (χ4v) is 3.18. The number of esters is 1. The molecule has 1 aromatic carbocycles. The predicted molar refractivity (Wildman–Crippen MR) is 88.4 cm³/mol. The Bertz CT molecular complexity index is 830. The van der Waals surface area contributed by atoms with Gasteiger partial charge in [0.25, 0.3) is 0 Å². The number of carbonyl (C=O) groups excluding carboxylic acids is 1. The standard InChI is InChI=1S/C17H16ClN3O2/c1-17(16(22)23-2)5-6-21(10-17)15-7-11(9-19)13-8-12(18)3-4-14(13)20-15/h3-4,7-8H,5-6,10H2,1-2H3. The summed E-state index contributed by atoms with van der Waals surface area (Å²) in [4.78, 5) is 18.6. The van der Waals surface area contributed by atoms with E-state index in [9.17, 15) is 10.1 Å². The van der Waals surface area contributed by atoms with Gasteiger partial charge in [-0.2, -0.15) is 5.26 Å². The molecule has 0 aliphatic carbocycles. The first kappa shape index (κ1) is 15.6. The summed E-state index contributed by atoms with van der Waals surface area (Å²) >= 11 is 6.00. The molecule has 0 amide bonds. The molecule has 0 bridgehead atoms. The van der Waals surface area contributed by atoms with Crippen molar-refractivity contribution < 1.29 is 9.53 Å². The third-order valence-electron chi connectivity index (χ3n) is 4.35. The normalized spacial score (nSPS) is 20.5. The summed E-state index contributed by atoms with van der Waals surface area (Å²) in [6.45, 7) is 3.12. The Balaban J connectivity index is 2.00. The molecule has 118 valence electrons. The smallest absolute Gasteiger partial charge is 0.313 e. The van der Waals surface area contributed by atoms with Gasteiger partial charge in [-0.3, -0.25) is 4.79 Å². The third-order valence-corrected chi connectivity index (χ3v) is 4.59. The van der Waals surface area contributed by atoms with E-state index in [1.54, 1.807) is 24.3 Å². The number of methoxy groups -OCH3 is 1. The number of rotatable bonds is 2. The molecular formula is C17H16ClN3O2. The lowest BCUT2D eigenvalue weighted by Gasteiger charge is -2.22. The number of anilines is 1. The molecule has 0 N–H and O–H groups in total. The number of benzene rings is 1. The van der Waals surface area contributed by atoms with E-state index in [1.807, 2.05) is 11.8 Å². The number of pyridine rings is 1. The summed E-state index contributed by atoms with van der Waals surface area (Å²) in [5.74, 6) is 0.483. The minimum atomic E-state index is -0.543. The zero-order chi connectivity index (χ0) is 16.6. The van der Waals surface area contributed by atoms with Crippen molar-refractivity contribution in [2.45, 2.75) is 13.3 Å². The van der Waals surface area contributed by atoms with Crippen molar-refractivity contribution >= 4 is 34.3 Å². The first-order valence-corrected chi connectivity index (χ1v) is 7.68. The topological polar surface area (TPSA) is 66.2 Å². The van der Waals surface area contributed by atoms with Crippen LogP contribution in [0.4, 0.5) is 5.82 Å². The number of fused-ring (bicyclic) bond motifs is 1. The maximum absolute atomic E-state index is 11.9. The van der Waals surface area contributed by atoms with Gasteiger partial charge in [0.15, 0.2) is 0 Å². The van der Waals surface area contributed by atoms with Gasteiger partial charge in [0.2, 0.25) is 0 Å². The molecule has 1 atom stereocenters. The maximum Gasteiger partial charge on any atom is 0.313 e. The molecule has 0 radical (unpaired) electrons. The summed E-state index contributed by atoms with van der Waals surface area (Å²) in [5.41, 5.74) is 0.701. The Morgan fingerprint density at radius 1 is 1.48 bits per heavy atom. The quantitative estimate of drug-likeness (QED) is 0.792. The molecule has 2 heterocycles. The van der Waals surface area contributed by atoms with E-state index in [-0.39, 0.29) is 5.97 Å². The number of halogens is 1. The lowest BCUT2D eigenvalue weighted by molar-refractivity contribution is -0.150. The van der Waals surface area contributed by atoms with Crippen molar-refractivity contribution in [1.29, 1.82) is 5.26 Å². The van der Waals surface area contributed by atoms with Crippen LogP contribution >= 0.6 is 11.6 Å². The van der Waals surface area contributed by atoms with Crippen LogP contribution in [0.15, 0.2) is 24.3 Å². The Kier molecular flexibility index (Phi) is 3.87. The summed E-state index contributed by atoms with van der Waals surface area (Å²) in [6, 6.07) is 9.25. The second-order valence-corrected chi connectivity index (χ2v) is 6.46. The van der Waals surface area contributed by atoms with Gasteiger partial charge in [-0.1, -0.05) is 11.6 Å². The first-order valence-electron chi connectivity index (χ1n) is 7.30. The molecule has 2 aromatic rings. The number of nitrogens with zero attached hydrogens (tertiary/aromatic N) is 3. The van der Waals surface area contributed by atoms with Crippen LogP contribution in [0.3, 0.4) is 0 Å². The van der Waals surface area contributed by atoms with Crippen molar-refractivity contribution in [2.24, 2.45) is 5.41 Å². The highest BCUT2D eigenvalue weighted by molar-refractivity contribution is 6.31. The van der Waals surface area contributed by atoms with Crippen LogP contribution in [0.2, 0.25) is 5.02 Å². The number of nitriles is 1. The van der Waals surface area contributed by atoms with E-state index in [2.05, 4.69) is 11.1 Å². The lowest BCUT2D eigenvalue weighted by atomic mass is 9.90. The van der Waals surface area contributed by atoms with Gasteiger partial charge in [-0.05, 0) is 37.6 Å². The van der Waals surface area contributed by atoms with E-state index in [4.69, 9.17) is 16.3 Å². The van der Waals surface area contributed by atoms with Crippen molar-refractivity contribution in [3.05, 3.63) is 34.9 Å². The first-order chi connectivity index (χ1) is 11.0. The number of hydrogen-bond donors (Lipinski definition) is 0. The summed E-state index contributed by atoms with van der Waals surface area (Å²) in [7, 11) is 1.40. The zero-order valence-electron chi connectivity index (χ0n) is 13.0. The summed E-state index contributed by atoms with van der Waals surface area (Å²) < 4.78 is 4.90. The molecule has 0 saturated carbocycles. The Morgan fingerprint density at radius 2 is 2.26 bits per heavy atom. The minimum absolute atomic E-state index is 0.215. The second kappa shape index (κ2) is 5.71. The molecule has 6 heteroatoms. The van der Waals surface area contributed by atoms with E-state index in [0.29, 0.717) is 35.9 Å². The molecule has 1 saturated heterocycles. The van der Waals surface area contributed by atoms with Gasteiger partial charge < -0.3 is 9.64 Å². The molecule has 1 aliphatic rings. The summed E-state index contributed by atoms with van der Waals surface area (Å²) in [6.07, 6.45) is 0.696. The van der Waals surface area contributed by atoms with Crippen LogP contribution in [0.1, 0.15) is 18.9 Å². The fourth-order valence-electron chi connectivity index (χ4n) is 3.01. The van der Waals surface area contributed by atoms with Crippen molar-refractivity contribution in [2.75, 3.05) is 25.1 Å². The second-order valence-electron chi connectivity index (χ2n) is 6.03. The Labute approximate surface area is 139 Å². The average molecular weight is 330 g/mol. The molecule has 1 fully saturated rings. The van der Waals surface area contributed by atoms with E-state index < -0.39 is 5.41 Å². The molecule has 1 unspecified atom stereocenters. The van der Waals surface area contributed by atoms with Crippen LogP contribution in [0.5, 0.6) is 0 Å². The monoisotopic (exact) mass is 329 g/mol. The highest BCUT2D eigenvalue weighted by Crippen LogP contribution is 2.35. The number of hydrogen-bond acceptors (Lipinski definition) is 5. The summed E-state index contributed by atoms with van der Waals surface area (Å²) in [5, 5.41) is 10.7. The van der Waals surface area contributed by atoms with Crippen molar-refractivity contribution in [3.63, 3.8) is 0 Å². The molecular weight excluding hydrogens is 314 g/mol. The number of ether oxygens (including phenoxy) is 1. The van der Waals surface area contributed by atoms with Gasteiger partial charge in [0, 0.05) is 23.5 Å². The zero-order valence-corrected chi connectivity index (χ0v) is 13.7. The minimum Gasteiger partial charge on any atom is -0.469 e. The van der Waals surface area contributed by atoms with E-state index in [0.717, 1.165) is 10.9 Å². The highest BCUT2D eigenvalue weighted by atomic mass is 35.5. The fraction of sp³-hybridized carbons (Fsp3) is 0.353. The maximum atomic E-state index is 11.9. The Hall–Kier alpha value is -2.32. The van der Waals surface area contributed by atoms with Crippen molar-refractivity contribution in [1.82, 2.24) is 4.98 Å². The van der Waals surface area contributed by atoms with E-state index >= 15 is 0 Å². The van der Waals surface area contributed by atoms with Gasteiger partial charge in [0.1, 0.15) is 5.82 Å². The Morgan fingerprint density at radius 3 is 2.96 bits per heavy atom. The van der Waals surface area contributed by atoms with E-state index in [1.165, 1.54) is 7.11 Å². The highest BCUT2D eigenvalue weighted by Gasteiger charge is 2.41. The third kappa shape index (κ3) is 2.71. The number of aromatic nitrogens is 1. The van der Waals surface area contributed by atoms with Crippen LogP contribution in [-0.2, 0) is 9.53 Å². The van der Waals surface area contributed by atoms with Crippen molar-refractivity contribution in [3.8, 4) is 6.07 Å². The average Bonchev–Trinajstić information content (AvgIpc) is 2.96. The number of carbonyl (C=O) groups is 1. The lowest BCUT2D eigenvalue weighted by Crippen LogP contribution is -2.33. The SMILES string of the molecule is COC(=O)C1(C)CCN(c2cc(C#N)c3cc(Cl)ccc3n2)C1. The molecule has 0 spiro atoms. The molecule has 23 heavy (non-hydrogen) atoms. The van der Waals surface area contributed by atoms with Crippen LogP contribution in [0, 0.1) is 16.7 Å².